The Hall–Kier alpha value is -2.13. The molecule has 1 spiro atoms. The van der Waals surface area contributed by atoms with E-state index < -0.39 is 0 Å². The molecule has 3 nitrogen and oxygen atoms in total. The minimum Gasteiger partial charge on any atom is -0.317 e. The minimum absolute atomic E-state index is 0.316. The first-order valence-electron chi connectivity index (χ1n) is 12.5. The summed E-state index contributed by atoms with van der Waals surface area (Å²) in [6, 6.07) is 17.4. The van der Waals surface area contributed by atoms with Gasteiger partial charge in [-0.3, -0.25) is 4.79 Å². The summed E-state index contributed by atoms with van der Waals surface area (Å²) in [5.41, 5.74) is 4.77. The van der Waals surface area contributed by atoms with Gasteiger partial charge in [0.05, 0.1) is 12.0 Å². The lowest BCUT2D eigenvalue weighted by Crippen LogP contribution is -2.47. The first kappa shape index (κ1) is 20.8. The third-order valence-corrected chi connectivity index (χ3v) is 7.91. The zero-order chi connectivity index (χ0) is 21.1. The van der Waals surface area contributed by atoms with Crippen molar-refractivity contribution in [3.63, 3.8) is 0 Å². The number of hydrogen-bond donors (Lipinski definition) is 1. The molecule has 1 saturated carbocycles. The van der Waals surface area contributed by atoms with Crippen LogP contribution >= 0.6 is 0 Å². The summed E-state index contributed by atoms with van der Waals surface area (Å²) in [5, 5.41) is 3.47. The molecule has 1 N–H and O–H groups in total. The van der Waals surface area contributed by atoms with Crippen molar-refractivity contribution >= 4 is 11.6 Å². The third kappa shape index (κ3) is 4.17. The number of amides is 1. The largest absolute Gasteiger partial charge is 0.317 e. The Morgan fingerprint density at radius 3 is 2.32 bits per heavy atom. The number of rotatable bonds is 4. The van der Waals surface area contributed by atoms with Crippen molar-refractivity contribution in [3.05, 3.63) is 65.2 Å². The number of anilines is 1. The second-order valence-corrected chi connectivity index (χ2v) is 9.98. The maximum atomic E-state index is 13.8. The molecule has 2 aromatic carbocycles. The van der Waals surface area contributed by atoms with Crippen LogP contribution in [0.1, 0.15) is 74.5 Å². The highest BCUT2D eigenvalue weighted by atomic mass is 16.2. The van der Waals surface area contributed by atoms with Gasteiger partial charge in [0.15, 0.2) is 0 Å². The van der Waals surface area contributed by atoms with E-state index in [-0.39, 0.29) is 5.41 Å². The van der Waals surface area contributed by atoms with Gasteiger partial charge >= 0.3 is 0 Å². The average Bonchev–Trinajstić information content (AvgIpc) is 2.99. The van der Waals surface area contributed by atoms with Crippen molar-refractivity contribution in [2.45, 2.75) is 76.2 Å². The molecular formula is C28H36N2O. The smallest absolute Gasteiger partial charge is 0.238 e. The first-order chi connectivity index (χ1) is 15.3. The number of nitrogens with one attached hydrogen (secondary N) is 1. The molecule has 2 aromatic rings. The molecule has 0 radical (unpaired) electrons. The molecule has 164 valence electrons. The van der Waals surface area contributed by atoms with E-state index >= 15 is 0 Å². The molecule has 2 aliphatic heterocycles. The van der Waals surface area contributed by atoms with Crippen molar-refractivity contribution in [3.8, 4) is 0 Å². The molecule has 5 rings (SSSR count). The highest BCUT2D eigenvalue weighted by Crippen LogP contribution is 2.48. The summed E-state index contributed by atoms with van der Waals surface area (Å²) in [7, 11) is 0. The van der Waals surface area contributed by atoms with E-state index in [9.17, 15) is 4.79 Å². The molecule has 31 heavy (non-hydrogen) atoms. The summed E-state index contributed by atoms with van der Waals surface area (Å²) in [6.07, 6.45) is 12.7. The molecule has 0 bridgehead atoms. The number of hydrogen-bond acceptors (Lipinski definition) is 2. The molecule has 3 aliphatic rings. The Bertz CT molecular complexity index is 892. The zero-order valence-corrected chi connectivity index (χ0v) is 18.7. The van der Waals surface area contributed by atoms with Gasteiger partial charge < -0.3 is 10.2 Å². The summed E-state index contributed by atoms with van der Waals surface area (Å²) >= 11 is 0. The zero-order valence-electron chi connectivity index (χ0n) is 18.7. The van der Waals surface area contributed by atoms with Crippen LogP contribution in [-0.4, -0.2) is 19.0 Å². The van der Waals surface area contributed by atoms with Crippen LogP contribution < -0.4 is 10.2 Å². The molecule has 1 saturated heterocycles. The third-order valence-electron chi connectivity index (χ3n) is 7.91. The van der Waals surface area contributed by atoms with E-state index in [0.29, 0.717) is 12.5 Å². The van der Waals surface area contributed by atoms with Gasteiger partial charge in [-0.15, -0.1) is 0 Å². The maximum Gasteiger partial charge on any atom is 0.238 e. The molecule has 2 fully saturated rings. The van der Waals surface area contributed by atoms with Gasteiger partial charge in [0.2, 0.25) is 5.91 Å². The number of carbonyl (C=O) groups excluding carboxylic acids is 1. The molecule has 1 amide bonds. The lowest BCUT2D eigenvalue weighted by atomic mass is 9.73. The number of nitrogens with zero attached hydrogens (tertiary/aromatic N) is 1. The quantitative estimate of drug-likeness (QED) is 0.687. The monoisotopic (exact) mass is 416 g/mol. The van der Waals surface area contributed by atoms with Crippen molar-refractivity contribution in [1.29, 1.82) is 0 Å². The van der Waals surface area contributed by atoms with E-state index in [1.807, 2.05) is 6.07 Å². The van der Waals surface area contributed by atoms with Gasteiger partial charge in [-0.05, 0) is 61.0 Å². The molecule has 0 atom stereocenters. The van der Waals surface area contributed by atoms with Crippen LogP contribution in [0.3, 0.4) is 0 Å². The fourth-order valence-electron chi connectivity index (χ4n) is 6.15. The number of piperidine rings is 1. The minimum atomic E-state index is -0.327. The van der Waals surface area contributed by atoms with Crippen LogP contribution in [0.25, 0.3) is 0 Å². The molecule has 0 unspecified atom stereocenters. The fourth-order valence-corrected chi connectivity index (χ4v) is 6.15. The predicted octanol–water partition coefficient (Wildman–Crippen LogP) is 5.76. The van der Waals surface area contributed by atoms with Gasteiger partial charge in [0.25, 0.3) is 0 Å². The number of fused-ring (bicyclic) bond motifs is 2. The van der Waals surface area contributed by atoms with E-state index in [1.165, 1.54) is 68.1 Å². The van der Waals surface area contributed by atoms with E-state index in [0.717, 1.165) is 37.5 Å². The number of carbonyl (C=O) groups is 1. The molecule has 2 heterocycles. The Morgan fingerprint density at radius 2 is 1.58 bits per heavy atom. The van der Waals surface area contributed by atoms with Crippen LogP contribution in [0, 0.1) is 5.92 Å². The summed E-state index contributed by atoms with van der Waals surface area (Å²) in [5.74, 6) is 1.12. The number of benzene rings is 2. The van der Waals surface area contributed by atoms with Crippen molar-refractivity contribution < 1.29 is 4.79 Å². The predicted molar refractivity (Wildman–Crippen MR) is 127 cm³/mol. The molecular weight excluding hydrogens is 380 g/mol. The summed E-state index contributed by atoms with van der Waals surface area (Å²) in [4.78, 5) is 15.9. The lowest BCUT2D eigenvalue weighted by molar-refractivity contribution is -0.124. The highest BCUT2D eigenvalue weighted by Gasteiger charge is 2.51. The standard InChI is InChI=1S/C28H36N2O/c31-27-28(15-17-29-18-16-28)25-20-24(19-22-9-5-2-1-3-6-10-22)13-14-26(25)30(27)21-23-11-7-4-8-12-23/h4,7-8,11-14,20,22,29H,1-3,5-6,9-10,15-19,21H2. The second kappa shape index (κ2) is 9.16. The van der Waals surface area contributed by atoms with Gasteiger partial charge in [-0.2, -0.15) is 0 Å². The Kier molecular flexibility index (Phi) is 6.13. The highest BCUT2D eigenvalue weighted by molar-refractivity contribution is 6.08. The van der Waals surface area contributed by atoms with Crippen molar-refractivity contribution in [1.82, 2.24) is 5.32 Å². The molecule has 3 heteroatoms. The topological polar surface area (TPSA) is 32.3 Å². The SMILES string of the molecule is O=C1N(Cc2ccccc2)c2ccc(CC3CCCCCCC3)cc2C12CCNCC2. The van der Waals surface area contributed by atoms with Crippen molar-refractivity contribution in [2.24, 2.45) is 5.92 Å². The molecule has 0 aromatic heterocycles. The van der Waals surface area contributed by atoms with Crippen molar-refractivity contribution in [2.75, 3.05) is 18.0 Å². The van der Waals surface area contributed by atoms with Crippen LogP contribution in [-0.2, 0) is 23.2 Å². The fraction of sp³-hybridized carbons (Fsp3) is 0.536. The van der Waals surface area contributed by atoms with Crippen LogP contribution in [0.2, 0.25) is 0 Å². The van der Waals surface area contributed by atoms with E-state index in [4.69, 9.17) is 0 Å². The van der Waals surface area contributed by atoms with Gasteiger partial charge in [-0.1, -0.05) is 87.4 Å². The second-order valence-electron chi connectivity index (χ2n) is 9.98. The Balaban J connectivity index is 1.45. The van der Waals surface area contributed by atoms with E-state index in [2.05, 4.69) is 52.7 Å². The lowest BCUT2D eigenvalue weighted by Gasteiger charge is -2.33. The van der Waals surface area contributed by atoms with Gasteiger partial charge in [-0.25, -0.2) is 0 Å². The Labute approximate surface area is 187 Å². The summed E-state index contributed by atoms with van der Waals surface area (Å²) in [6.45, 7) is 2.53. The molecule has 1 aliphatic carbocycles. The Morgan fingerprint density at radius 1 is 0.871 bits per heavy atom. The van der Waals surface area contributed by atoms with Gasteiger partial charge in [0.1, 0.15) is 0 Å². The normalized spacial score (nSPS) is 21.7. The summed E-state index contributed by atoms with van der Waals surface area (Å²) < 4.78 is 0. The van der Waals surface area contributed by atoms with E-state index in [1.54, 1.807) is 0 Å². The van der Waals surface area contributed by atoms with Gasteiger partial charge in [0, 0.05) is 5.69 Å². The maximum absolute atomic E-state index is 13.8. The average molecular weight is 417 g/mol. The first-order valence-corrected chi connectivity index (χ1v) is 12.5. The van der Waals surface area contributed by atoms with Crippen LogP contribution in [0.15, 0.2) is 48.5 Å². The van der Waals surface area contributed by atoms with Crippen LogP contribution in [0.4, 0.5) is 5.69 Å². The van der Waals surface area contributed by atoms with Crippen LogP contribution in [0.5, 0.6) is 0 Å².